The second-order valence-corrected chi connectivity index (χ2v) is 5.69. The maximum atomic E-state index is 12.5. The molecule has 0 bridgehead atoms. The number of nitrogens with two attached hydrogens (primary N) is 1. The summed E-state index contributed by atoms with van der Waals surface area (Å²) in [5.74, 6) is -0.452. The number of piperidine rings is 1. The molecule has 126 valence electrons. The predicted octanol–water partition coefficient (Wildman–Crippen LogP) is 1.95. The lowest BCUT2D eigenvalue weighted by Gasteiger charge is -2.33. The van der Waals surface area contributed by atoms with Crippen molar-refractivity contribution in [3.63, 3.8) is 0 Å². The fraction of sp³-hybridized carbons (Fsp3) is 0.467. The van der Waals surface area contributed by atoms with Gasteiger partial charge >= 0.3 is 5.97 Å². The maximum absolute atomic E-state index is 12.5. The van der Waals surface area contributed by atoms with E-state index in [1.165, 1.54) is 31.2 Å². The van der Waals surface area contributed by atoms with Crippen LogP contribution in [0.3, 0.4) is 0 Å². The third-order valence-corrected chi connectivity index (χ3v) is 3.89. The van der Waals surface area contributed by atoms with Gasteiger partial charge in [-0.25, -0.2) is 0 Å². The summed E-state index contributed by atoms with van der Waals surface area (Å²) in [5.41, 5.74) is 6.33. The van der Waals surface area contributed by atoms with Crippen molar-refractivity contribution in [3.05, 3.63) is 22.7 Å². The van der Waals surface area contributed by atoms with E-state index >= 15 is 0 Å². The fourth-order valence-electron chi connectivity index (χ4n) is 2.47. The minimum atomic E-state index is -0.417. The van der Waals surface area contributed by atoms with Gasteiger partial charge in [0.05, 0.1) is 23.4 Å². The summed E-state index contributed by atoms with van der Waals surface area (Å²) < 4.78 is 5.18. The smallest absolute Gasteiger partial charge is 0.322 e. The Hall–Kier alpha value is -1.99. The molecule has 0 spiro atoms. The zero-order valence-corrected chi connectivity index (χ0v) is 13.9. The molecule has 0 radical (unpaired) electrons. The van der Waals surface area contributed by atoms with Gasteiger partial charge in [0.15, 0.2) is 0 Å². The average Bonchev–Trinajstić information content (AvgIpc) is 2.50. The molecule has 0 aromatic heterocycles. The van der Waals surface area contributed by atoms with Crippen molar-refractivity contribution >= 4 is 29.2 Å². The second-order valence-electron chi connectivity index (χ2n) is 5.28. The molecule has 1 atom stereocenters. The molecule has 1 aromatic rings. The van der Waals surface area contributed by atoms with Crippen molar-refractivity contribution in [2.24, 2.45) is 0 Å². The number of hydroxylamine groups is 2. The molecule has 1 heterocycles. The van der Waals surface area contributed by atoms with E-state index in [0.717, 1.165) is 12.8 Å². The van der Waals surface area contributed by atoms with E-state index < -0.39 is 5.97 Å². The number of anilines is 1. The highest BCUT2D eigenvalue weighted by Gasteiger charge is 2.28. The van der Waals surface area contributed by atoms with Gasteiger partial charge in [0.2, 0.25) is 0 Å². The molecule has 1 aliphatic heterocycles. The zero-order valence-electron chi connectivity index (χ0n) is 13.1. The molecule has 0 saturated carbocycles. The molecule has 3 N–H and O–H groups in total. The second kappa shape index (κ2) is 7.52. The summed E-state index contributed by atoms with van der Waals surface area (Å²) in [4.78, 5) is 28.8. The van der Waals surface area contributed by atoms with Gasteiger partial charge < -0.3 is 20.6 Å². The van der Waals surface area contributed by atoms with Crippen LogP contribution in [0.1, 0.15) is 36.5 Å². The van der Waals surface area contributed by atoms with E-state index in [1.807, 2.05) is 0 Å². The molecule has 1 saturated heterocycles. The Morgan fingerprint density at radius 3 is 2.78 bits per heavy atom. The lowest BCUT2D eigenvalue weighted by atomic mass is 10.1. The van der Waals surface area contributed by atoms with Crippen molar-refractivity contribution in [2.75, 3.05) is 19.4 Å². The monoisotopic (exact) mass is 341 g/mol. The van der Waals surface area contributed by atoms with Crippen LogP contribution in [-0.4, -0.2) is 36.8 Å². The summed E-state index contributed by atoms with van der Waals surface area (Å²) in [6.07, 6.45) is 2.13. The van der Waals surface area contributed by atoms with E-state index in [-0.39, 0.29) is 22.7 Å². The Morgan fingerprint density at radius 1 is 1.39 bits per heavy atom. The number of nitrogen functional groups attached to an aromatic ring is 1. The zero-order chi connectivity index (χ0) is 17.0. The number of nitrogens with one attached hydrogen (secondary N) is 1. The molecule has 7 nitrogen and oxygen atoms in total. The van der Waals surface area contributed by atoms with Crippen molar-refractivity contribution in [2.45, 2.75) is 32.4 Å². The van der Waals surface area contributed by atoms with Crippen LogP contribution in [0.25, 0.3) is 0 Å². The normalized spacial score (nSPS) is 18.3. The van der Waals surface area contributed by atoms with Crippen LogP contribution in [0.5, 0.6) is 5.75 Å². The van der Waals surface area contributed by atoms with E-state index in [0.29, 0.717) is 24.4 Å². The van der Waals surface area contributed by atoms with Gasteiger partial charge in [-0.15, -0.1) is 5.06 Å². The van der Waals surface area contributed by atoms with Crippen molar-refractivity contribution in [1.29, 1.82) is 0 Å². The van der Waals surface area contributed by atoms with Crippen LogP contribution in [0.2, 0.25) is 5.02 Å². The first-order valence-electron chi connectivity index (χ1n) is 7.31. The first-order chi connectivity index (χ1) is 10.9. The summed E-state index contributed by atoms with van der Waals surface area (Å²) in [6, 6.07) is 2.96. The molecule has 2 rings (SSSR count). The minimum absolute atomic E-state index is 0.274. The van der Waals surface area contributed by atoms with Gasteiger partial charge in [-0.2, -0.15) is 0 Å². The number of rotatable bonds is 4. The number of benzene rings is 1. The highest BCUT2D eigenvalue weighted by atomic mass is 35.5. The lowest BCUT2D eigenvalue weighted by Crippen LogP contribution is -2.51. The number of amides is 1. The van der Waals surface area contributed by atoms with Crippen LogP contribution in [-0.2, 0) is 9.63 Å². The Kier molecular flexibility index (Phi) is 5.68. The number of halogens is 1. The highest BCUT2D eigenvalue weighted by Crippen LogP contribution is 2.29. The Morgan fingerprint density at radius 2 is 2.13 bits per heavy atom. The Bertz CT molecular complexity index is 609. The van der Waals surface area contributed by atoms with E-state index in [4.69, 9.17) is 26.9 Å². The van der Waals surface area contributed by atoms with Gasteiger partial charge in [-0.05, 0) is 25.3 Å². The summed E-state index contributed by atoms with van der Waals surface area (Å²) >= 11 is 5.99. The standard InChI is InChI=1S/C15H20ClN3O4/c1-9(20)23-19-6-4-3-5-14(19)18-15(21)10-7-11(16)12(17)8-13(10)22-2/h7-8,14H,3-6,17H2,1-2H3,(H,18,21). The molecule has 0 aliphatic carbocycles. The third kappa shape index (κ3) is 4.27. The Balaban J connectivity index is 2.17. The molecule has 8 heteroatoms. The number of hydrogen-bond donors (Lipinski definition) is 2. The summed E-state index contributed by atoms with van der Waals surface area (Å²) in [7, 11) is 1.45. The SMILES string of the molecule is COc1cc(N)c(Cl)cc1C(=O)NC1CCCCN1OC(C)=O. The van der Waals surface area contributed by atoms with E-state index in [9.17, 15) is 9.59 Å². The molecule has 1 amide bonds. The molecule has 1 unspecified atom stereocenters. The molecule has 23 heavy (non-hydrogen) atoms. The number of carbonyl (C=O) groups is 2. The molecular formula is C15H20ClN3O4. The first kappa shape index (κ1) is 17.4. The van der Waals surface area contributed by atoms with Crippen molar-refractivity contribution in [1.82, 2.24) is 10.4 Å². The van der Waals surface area contributed by atoms with Crippen LogP contribution < -0.4 is 15.8 Å². The van der Waals surface area contributed by atoms with Crippen LogP contribution >= 0.6 is 11.6 Å². The number of carbonyl (C=O) groups excluding carboxylic acids is 2. The minimum Gasteiger partial charge on any atom is -0.496 e. The molecule has 1 aliphatic rings. The van der Waals surface area contributed by atoms with Crippen molar-refractivity contribution < 1.29 is 19.2 Å². The largest absolute Gasteiger partial charge is 0.496 e. The van der Waals surface area contributed by atoms with E-state index in [2.05, 4.69) is 5.32 Å². The predicted molar refractivity (Wildman–Crippen MR) is 86.0 cm³/mol. The number of hydrogen-bond acceptors (Lipinski definition) is 6. The highest BCUT2D eigenvalue weighted by molar-refractivity contribution is 6.33. The first-order valence-corrected chi connectivity index (χ1v) is 7.69. The molecule has 1 aromatic carbocycles. The topological polar surface area (TPSA) is 93.9 Å². The maximum Gasteiger partial charge on any atom is 0.322 e. The number of nitrogens with zero attached hydrogens (tertiary/aromatic N) is 1. The van der Waals surface area contributed by atoms with Crippen LogP contribution in [0.15, 0.2) is 12.1 Å². The average molecular weight is 342 g/mol. The summed E-state index contributed by atoms with van der Waals surface area (Å²) in [6.45, 7) is 1.90. The number of methoxy groups -OCH3 is 1. The van der Waals surface area contributed by atoms with Gasteiger partial charge in [-0.3, -0.25) is 9.59 Å². The quantitative estimate of drug-likeness (QED) is 0.813. The van der Waals surface area contributed by atoms with Crippen LogP contribution in [0.4, 0.5) is 5.69 Å². The fourth-order valence-corrected chi connectivity index (χ4v) is 2.63. The van der Waals surface area contributed by atoms with Gasteiger partial charge in [0.1, 0.15) is 11.9 Å². The summed E-state index contributed by atoms with van der Waals surface area (Å²) in [5, 5.41) is 4.61. The van der Waals surface area contributed by atoms with Crippen LogP contribution in [0, 0.1) is 0 Å². The van der Waals surface area contributed by atoms with Crippen molar-refractivity contribution in [3.8, 4) is 5.75 Å². The van der Waals surface area contributed by atoms with E-state index in [1.54, 1.807) is 0 Å². The lowest BCUT2D eigenvalue weighted by molar-refractivity contribution is -0.207. The molecular weight excluding hydrogens is 322 g/mol. The van der Waals surface area contributed by atoms with Gasteiger partial charge in [0, 0.05) is 19.5 Å². The number of ether oxygens (including phenoxy) is 1. The Labute approximate surface area is 139 Å². The van der Waals surface area contributed by atoms with Gasteiger partial charge in [0.25, 0.3) is 5.91 Å². The van der Waals surface area contributed by atoms with Gasteiger partial charge in [-0.1, -0.05) is 11.6 Å². The third-order valence-electron chi connectivity index (χ3n) is 3.56. The molecule has 1 fully saturated rings.